The fourth-order valence-corrected chi connectivity index (χ4v) is 2.42. The van der Waals surface area contributed by atoms with Crippen molar-refractivity contribution in [2.24, 2.45) is 5.41 Å². The zero-order valence-corrected chi connectivity index (χ0v) is 14.5. The lowest BCUT2D eigenvalue weighted by Crippen LogP contribution is -2.36. The SMILES string of the molecule is CCc1cccc(CC)c1NC(=S)NC(=O)CC(C)(C)C. The second-order valence-corrected chi connectivity index (χ2v) is 6.81. The molecule has 0 saturated carbocycles. The molecule has 0 unspecified atom stereocenters. The molecule has 2 N–H and O–H groups in total. The molecule has 0 spiro atoms. The topological polar surface area (TPSA) is 41.1 Å². The van der Waals surface area contributed by atoms with Crippen LogP contribution in [0, 0.1) is 5.41 Å². The van der Waals surface area contributed by atoms with Gasteiger partial charge in [-0.1, -0.05) is 52.8 Å². The number of hydrogen-bond donors (Lipinski definition) is 2. The molecule has 0 saturated heterocycles. The summed E-state index contributed by atoms with van der Waals surface area (Å²) in [7, 11) is 0. The van der Waals surface area contributed by atoms with Gasteiger partial charge in [0.25, 0.3) is 0 Å². The molecule has 1 rings (SSSR count). The van der Waals surface area contributed by atoms with Crippen molar-refractivity contribution >= 4 is 28.9 Å². The summed E-state index contributed by atoms with van der Waals surface area (Å²) in [4.78, 5) is 11.9. The fraction of sp³-hybridized carbons (Fsp3) is 0.529. The summed E-state index contributed by atoms with van der Waals surface area (Å²) in [6.45, 7) is 10.3. The number of aryl methyl sites for hydroxylation is 2. The Bertz CT molecular complexity index is 496. The lowest BCUT2D eigenvalue weighted by Gasteiger charge is -2.19. The van der Waals surface area contributed by atoms with Gasteiger partial charge in [-0.25, -0.2) is 0 Å². The number of nitrogens with one attached hydrogen (secondary N) is 2. The van der Waals surface area contributed by atoms with E-state index in [1.807, 2.05) is 20.8 Å². The van der Waals surface area contributed by atoms with Crippen molar-refractivity contribution in [1.29, 1.82) is 0 Å². The first-order valence-electron chi connectivity index (χ1n) is 7.48. The van der Waals surface area contributed by atoms with Gasteiger partial charge in [0.05, 0.1) is 0 Å². The summed E-state index contributed by atoms with van der Waals surface area (Å²) >= 11 is 5.27. The molecule has 0 aliphatic carbocycles. The van der Waals surface area contributed by atoms with Gasteiger partial charge in [0, 0.05) is 12.1 Å². The fourth-order valence-electron chi connectivity index (χ4n) is 2.20. The maximum Gasteiger partial charge on any atom is 0.226 e. The molecule has 116 valence electrons. The Balaban J connectivity index is 2.77. The quantitative estimate of drug-likeness (QED) is 0.824. The van der Waals surface area contributed by atoms with E-state index in [0.29, 0.717) is 11.5 Å². The number of para-hydroxylation sites is 1. The van der Waals surface area contributed by atoms with Gasteiger partial charge in [-0.3, -0.25) is 4.79 Å². The predicted octanol–water partition coefficient (Wildman–Crippen LogP) is 4.06. The first-order chi connectivity index (χ1) is 9.76. The average Bonchev–Trinajstić information content (AvgIpc) is 2.36. The Morgan fingerprint density at radius 2 is 1.67 bits per heavy atom. The van der Waals surface area contributed by atoms with Gasteiger partial charge in [0.2, 0.25) is 5.91 Å². The van der Waals surface area contributed by atoms with Crippen LogP contribution in [0.5, 0.6) is 0 Å². The second kappa shape index (κ2) is 7.55. The highest BCUT2D eigenvalue weighted by Crippen LogP contribution is 2.22. The van der Waals surface area contributed by atoms with E-state index in [-0.39, 0.29) is 11.3 Å². The Kier molecular flexibility index (Phi) is 6.34. The summed E-state index contributed by atoms with van der Waals surface area (Å²) < 4.78 is 0. The van der Waals surface area contributed by atoms with E-state index in [4.69, 9.17) is 12.2 Å². The van der Waals surface area contributed by atoms with E-state index in [1.165, 1.54) is 11.1 Å². The van der Waals surface area contributed by atoms with Crippen LogP contribution < -0.4 is 10.6 Å². The minimum Gasteiger partial charge on any atom is -0.332 e. The van der Waals surface area contributed by atoms with Crippen LogP contribution in [0.3, 0.4) is 0 Å². The number of carbonyl (C=O) groups is 1. The van der Waals surface area contributed by atoms with Gasteiger partial charge in [-0.15, -0.1) is 0 Å². The van der Waals surface area contributed by atoms with E-state index in [9.17, 15) is 4.79 Å². The molecule has 0 aromatic heterocycles. The van der Waals surface area contributed by atoms with Gasteiger partial charge < -0.3 is 10.6 Å². The molecule has 1 amide bonds. The summed E-state index contributed by atoms with van der Waals surface area (Å²) in [5, 5.41) is 6.34. The van der Waals surface area contributed by atoms with Gasteiger partial charge in [0.15, 0.2) is 5.11 Å². The second-order valence-electron chi connectivity index (χ2n) is 6.40. The van der Waals surface area contributed by atoms with Crippen molar-refractivity contribution in [2.45, 2.75) is 53.9 Å². The minimum atomic E-state index is -0.0490. The zero-order valence-electron chi connectivity index (χ0n) is 13.7. The summed E-state index contributed by atoms with van der Waals surface area (Å²) in [6, 6.07) is 6.23. The molecule has 0 aliphatic rings. The molecule has 0 bridgehead atoms. The highest BCUT2D eigenvalue weighted by atomic mass is 32.1. The van der Waals surface area contributed by atoms with Crippen molar-refractivity contribution in [3.8, 4) is 0 Å². The van der Waals surface area contributed by atoms with Crippen LogP contribution in [0.15, 0.2) is 18.2 Å². The molecule has 1 aromatic rings. The largest absolute Gasteiger partial charge is 0.332 e. The van der Waals surface area contributed by atoms with Crippen molar-refractivity contribution in [2.75, 3.05) is 5.32 Å². The van der Waals surface area contributed by atoms with Gasteiger partial charge >= 0.3 is 0 Å². The Morgan fingerprint density at radius 1 is 1.14 bits per heavy atom. The minimum absolute atomic E-state index is 0.0460. The van der Waals surface area contributed by atoms with Crippen molar-refractivity contribution in [3.63, 3.8) is 0 Å². The number of rotatable bonds is 4. The molecule has 4 heteroatoms. The summed E-state index contributed by atoms with van der Waals surface area (Å²) in [5.74, 6) is -0.0490. The van der Waals surface area contributed by atoms with E-state index < -0.39 is 0 Å². The molecule has 3 nitrogen and oxygen atoms in total. The van der Waals surface area contributed by atoms with Crippen molar-refractivity contribution in [3.05, 3.63) is 29.3 Å². The van der Waals surface area contributed by atoms with Crippen molar-refractivity contribution < 1.29 is 4.79 Å². The molecule has 0 radical (unpaired) electrons. The van der Waals surface area contributed by atoms with Crippen LogP contribution >= 0.6 is 12.2 Å². The standard InChI is InChI=1S/C17H26N2OS/c1-6-12-9-8-10-13(7-2)15(12)19-16(21)18-14(20)11-17(3,4)5/h8-10H,6-7,11H2,1-5H3,(H2,18,19,20,21). The highest BCUT2D eigenvalue weighted by molar-refractivity contribution is 7.80. The Labute approximate surface area is 133 Å². The van der Waals surface area contributed by atoms with E-state index >= 15 is 0 Å². The number of amides is 1. The maximum absolute atomic E-state index is 11.9. The van der Waals surface area contributed by atoms with Gasteiger partial charge in [0.1, 0.15) is 0 Å². The maximum atomic E-state index is 11.9. The number of hydrogen-bond acceptors (Lipinski definition) is 2. The molecule has 0 aliphatic heterocycles. The van der Waals surface area contributed by atoms with E-state index in [1.54, 1.807) is 0 Å². The molecule has 1 aromatic carbocycles. The van der Waals surface area contributed by atoms with Crippen LogP contribution in [0.1, 0.15) is 52.2 Å². The van der Waals surface area contributed by atoms with Gasteiger partial charge in [-0.05, 0) is 41.6 Å². The molecular weight excluding hydrogens is 280 g/mol. The van der Waals surface area contributed by atoms with Crippen LogP contribution in [-0.4, -0.2) is 11.0 Å². The third-order valence-electron chi connectivity index (χ3n) is 3.18. The molecule has 21 heavy (non-hydrogen) atoms. The average molecular weight is 306 g/mol. The number of benzene rings is 1. The monoisotopic (exact) mass is 306 g/mol. The van der Waals surface area contributed by atoms with Crippen LogP contribution in [0.2, 0.25) is 0 Å². The Hall–Kier alpha value is -1.42. The van der Waals surface area contributed by atoms with Crippen molar-refractivity contribution in [1.82, 2.24) is 5.32 Å². The normalized spacial score (nSPS) is 11.1. The molecule has 0 atom stereocenters. The number of anilines is 1. The third kappa shape index (κ3) is 5.84. The highest BCUT2D eigenvalue weighted by Gasteiger charge is 2.17. The first-order valence-corrected chi connectivity index (χ1v) is 7.89. The summed E-state index contributed by atoms with van der Waals surface area (Å²) in [5.41, 5.74) is 3.40. The van der Waals surface area contributed by atoms with Gasteiger partial charge in [-0.2, -0.15) is 0 Å². The number of thiocarbonyl (C=S) groups is 1. The van der Waals surface area contributed by atoms with Crippen LogP contribution in [0.4, 0.5) is 5.69 Å². The molecular formula is C17H26N2OS. The van der Waals surface area contributed by atoms with E-state index in [2.05, 4.69) is 42.7 Å². The zero-order chi connectivity index (χ0) is 16.0. The third-order valence-corrected chi connectivity index (χ3v) is 3.39. The lowest BCUT2D eigenvalue weighted by molar-refractivity contribution is -0.121. The molecule has 0 fully saturated rings. The summed E-state index contributed by atoms with van der Waals surface area (Å²) in [6.07, 6.45) is 2.30. The smallest absolute Gasteiger partial charge is 0.226 e. The first kappa shape index (κ1) is 17.6. The lowest BCUT2D eigenvalue weighted by atomic mass is 9.92. The Morgan fingerprint density at radius 3 is 2.10 bits per heavy atom. The molecule has 0 heterocycles. The van der Waals surface area contributed by atoms with Crippen LogP contribution in [0.25, 0.3) is 0 Å². The van der Waals surface area contributed by atoms with E-state index in [0.717, 1.165) is 18.5 Å². The number of carbonyl (C=O) groups excluding carboxylic acids is 1. The van der Waals surface area contributed by atoms with Crippen LogP contribution in [-0.2, 0) is 17.6 Å². The predicted molar refractivity (Wildman–Crippen MR) is 93.6 cm³/mol.